The first-order valence-electron chi connectivity index (χ1n) is 13.3. The quantitative estimate of drug-likeness (QED) is 0.509. The molecule has 39 heavy (non-hydrogen) atoms. The Hall–Kier alpha value is -3.96. The molecule has 2 aromatic rings. The number of benzene rings is 1. The highest BCUT2D eigenvalue weighted by Crippen LogP contribution is 2.43. The highest BCUT2D eigenvalue weighted by Gasteiger charge is 2.48. The van der Waals surface area contributed by atoms with Crippen molar-refractivity contribution >= 4 is 17.9 Å². The summed E-state index contributed by atoms with van der Waals surface area (Å²) in [6.07, 6.45) is 3.05. The van der Waals surface area contributed by atoms with Gasteiger partial charge in [0, 0.05) is 19.6 Å². The molecule has 2 fully saturated rings. The van der Waals surface area contributed by atoms with Crippen LogP contribution in [-0.4, -0.2) is 56.7 Å². The number of amides is 3. The summed E-state index contributed by atoms with van der Waals surface area (Å²) in [5.41, 5.74) is -1.58. The second-order valence-electron chi connectivity index (χ2n) is 10.4. The average Bonchev–Trinajstić information content (AvgIpc) is 3.32. The molecule has 0 spiro atoms. The summed E-state index contributed by atoms with van der Waals surface area (Å²) in [6, 6.07) is 4.85. The summed E-state index contributed by atoms with van der Waals surface area (Å²) >= 11 is 0. The van der Waals surface area contributed by atoms with E-state index < -0.39 is 46.4 Å². The van der Waals surface area contributed by atoms with E-state index in [0.29, 0.717) is 44.3 Å². The molecule has 11 nitrogen and oxygen atoms in total. The lowest BCUT2D eigenvalue weighted by atomic mass is 9.77. The Morgan fingerprint density at radius 1 is 1.18 bits per heavy atom. The van der Waals surface area contributed by atoms with Crippen LogP contribution in [0.25, 0.3) is 0 Å². The molecule has 4 heterocycles. The molecule has 1 saturated carbocycles. The number of fused-ring (bicyclic) bond motifs is 2. The van der Waals surface area contributed by atoms with Crippen LogP contribution >= 0.6 is 0 Å². The van der Waals surface area contributed by atoms with E-state index >= 15 is 0 Å². The zero-order valence-electron chi connectivity index (χ0n) is 21.7. The zero-order valence-corrected chi connectivity index (χ0v) is 21.7. The van der Waals surface area contributed by atoms with Gasteiger partial charge in [0.05, 0.1) is 12.1 Å². The number of aromatic hydroxyl groups is 1. The predicted molar refractivity (Wildman–Crippen MR) is 136 cm³/mol. The number of carbonyl (C=O) groups excluding carboxylic acids is 3. The van der Waals surface area contributed by atoms with Crippen molar-refractivity contribution in [2.24, 2.45) is 5.92 Å². The van der Waals surface area contributed by atoms with Crippen molar-refractivity contribution in [3.8, 4) is 5.75 Å². The topological polar surface area (TPSA) is 143 Å². The van der Waals surface area contributed by atoms with Crippen molar-refractivity contribution in [3.63, 3.8) is 0 Å². The summed E-state index contributed by atoms with van der Waals surface area (Å²) in [5, 5.41) is 16.4. The molecule has 208 valence electrons. The van der Waals surface area contributed by atoms with Crippen LogP contribution in [0.1, 0.15) is 67.3 Å². The van der Waals surface area contributed by atoms with Gasteiger partial charge in [0.25, 0.3) is 11.5 Å². The van der Waals surface area contributed by atoms with Gasteiger partial charge >= 0.3 is 6.09 Å². The highest BCUT2D eigenvalue weighted by atomic mass is 19.1. The van der Waals surface area contributed by atoms with Gasteiger partial charge < -0.3 is 20.5 Å². The fraction of sp³-hybridized carbons (Fsp3) is 0.519. The average molecular weight is 542 g/mol. The van der Waals surface area contributed by atoms with Gasteiger partial charge in [-0.2, -0.15) is 0 Å². The second-order valence-corrected chi connectivity index (χ2v) is 10.4. The number of aromatic nitrogens is 2. The van der Waals surface area contributed by atoms with Crippen LogP contribution in [0, 0.1) is 11.7 Å². The Balaban J connectivity index is 1.45. The van der Waals surface area contributed by atoms with Crippen LogP contribution < -0.4 is 16.2 Å². The lowest BCUT2D eigenvalue weighted by Gasteiger charge is -2.38. The molecule has 4 aliphatic rings. The molecular formula is C27H32FN5O6. The minimum Gasteiger partial charge on any atom is -0.501 e. The van der Waals surface area contributed by atoms with Crippen molar-refractivity contribution in [1.29, 1.82) is 0 Å². The normalized spacial score (nSPS) is 23.6. The van der Waals surface area contributed by atoms with E-state index in [4.69, 9.17) is 4.74 Å². The Morgan fingerprint density at radius 3 is 2.59 bits per heavy atom. The van der Waals surface area contributed by atoms with Gasteiger partial charge in [-0.25, -0.2) is 14.2 Å². The predicted octanol–water partition coefficient (Wildman–Crippen LogP) is 2.15. The maximum atomic E-state index is 13.6. The number of ether oxygens (including phenoxy) is 1. The van der Waals surface area contributed by atoms with Crippen LogP contribution in [-0.2, 0) is 28.2 Å². The molecule has 1 aromatic heterocycles. The Labute approximate surface area is 224 Å². The Kier molecular flexibility index (Phi) is 7.28. The summed E-state index contributed by atoms with van der Waals surface area (Å²) in [5.74, 6) is -1.91. The molecule has 1 atom stereocenters. The molecule has 1 aromatic carbocycles. The maximum absolute atomic E-state index is 13.6. The number of carbonyl (C=O) groups is 3. The lowest BCUT2D eigenvalue weighted by Crippen LogP contribution is -2.55. The first-order chi connectivity index (χ1) is 18.7. The maximum Gasteiger partial charge on any atom is 0.410 e. The van der Waals surface area contributed by atoms with E-state index in [2.05, 4.69) is 15.6 Å². The molecule has 1 aliphatic carbocycles. The van der Waals surface area contributed by atoms with E-state index in [0.717, 1.165) is 12.8 Å². The van der Waals surface area contributed by atoms with Crippen molar-refractivity contribution in [1.82, 2.24) is 25.1 Å². The number of rotatable bonds is 6. The number of likely N-dealkylation sites (tertiary alicyclic amines) is 1. The smallest absolute Gasteiger partial charge is 0.410 e. The fourth-order valence-corrected chi connectivity index (χ4v) is 5.90. The van der Waals surface area contributed by atoms with Crippen LogP contribution in [0.15, 0.2) is 29.1 Å². The summed E-state index contributed by atoms with van der Waals surface area (Å²) < 4.78 is 19.7. The molecule has 3 amide bonds. The van der Waals surface area contributed by atoms with Crippen LogP contribution in [0.2, 0.25) is 0 Å². The minimum absolute atomic E-state index is 0.0357. The number of hydrogen-bond donors (Lipinski definition) is 3. The van der Waals surface area contributed by atoms with Crippen LogP contribution in [0.3, 0.4) is 0 Å². The third-order valence-corrected chi connectivity index (χ3v) is 7.97. The first-order valence-corrected chi connectivity index (χ1v) is 13.3. The van der Waals surface area contributed by atoms with Gasteiger partial charge in [0.2, 0.25) is 11.7 Å². The summed E-state index contributed by atoms with van der Waals surface area (Å²) in [4.78, 5) is 58.2. The van der Waals surface area contributed by atoms with Crippen LogP contribution in [0.5, 0.6) is 5.75 Å². The number of hydrogen-bond acceptors (Lipinski definition) is 7. The van der Waals surface area contributed by atoms with E-state index in [1.807, 2.05) is 0 Å². The van der Waals surface area contributed by atoms with Crippen molar-refractivity contribution in [3.05, 3.63) is 57.5 Å². The second kappa shape index (κ2) is 10.7. The van der Waals surface area contributed by atoms with E-state index in [1.165, 1.54) is 33.7 Å². The number of nitrogens with zero attached hydrogens (tertiary/aromatic N) is 3. The molecule has 6 rings (SSSR count). The number of nitrogens with one attached hydrogen (secondary N) is 2. The molecule has 1 unspecified atom stereocenters. The molecule has 3 N–H and O–H groups in total. The molecule has 2 bridgehead atoms. The van der Waals surface area contributed by atoms with Gasteiger partial charge in [-0.1, -0.05) is 12.1 Å². The first kappa shape index (κ1) is 26.6. The van der Waals surface area contributed by atoms with E-state index in [-0.39, 0.29) is 30.8 Å². The Morgan fingerprint density at radius 2 is 1.90 bits per heavy atom. The van der Waals surface area contributed by atoms with Gasteiger partial charge in [-0.3, -0.25) is 23.9 Å². The SMILES string of the molecule is CCOC(=O)N1CCCC1C(=O)NC12CCC(CC1)Cn1c2nc(C(=O)NCc2ccc(F)cc2)c(O)c1=O. The van der Waals surface area contributed by atoms with Crippen molar-refractivity contribution in [2.45, 2.75) is 70.1 Å². The van der Waals surface area contributed by atoms with Gasteiger partial charge in [0.15, 0.2) is 5.69 Å². The highest BCUT2D eigenvalue weighted by molar-refractivity contribution is 5.94. The van der Waals surface area contributed by atoms with Crippen molar-refractivity contribution < 1.29 is 28.6 Å². The van der Waals surface area contributed by atoms with Gasteiger partial charge in [-0.15, -0.1) is 0 Å². The largest absolute Gasteiger partial charge is 0.501 e. The molecule has 1 saturated heterocycles. The molecule has 3 aliphatic heterocycles. The molecule has 0 radical (unpaired) electrons. The summed E-state index contributed by atoms with van der Waals surface area (Å²) in [7, 11) is 0. The lowest BCUT2D eigenvalue weighted by molar-refractivity contribution is -0.128. The fourth-order valence-electron chi connectivity index (χ4n) is 5.90. The van der Waals surface area contributed by atoms with Gasteiger partial charge in [0.1, 0.15) is 17.7 Å². The number of halogens is 1. The summed E-state index contributed by atoms with van der Waals surface area (Å²) in [6.45, 7) is 2.67. The van der Waals surface area contributed by atoms with E-state index in [1.54, 1.807) is 6.92 Å². The monoisotopic (exact) mass is 541 g/mol. The molecule has 12 heteroatoms. The van der Waals surface area contributed by atoms with Crippen LogP contribution in [0.4, 0.5) is 9.18 Å². The van der Waals surface area contributed by atoms with E-state index in [9.17, 15) is 28.7 Å². The zero-order chi connectivity index (χ0) is 27.7. The molecular weight excluding hydrogens is 509 g/mol. The third-order valence-electron chi connectivity index (χ3n) is 7.97. The standard InChI is InChI=1S/C27H32FN5O6/c1-2-39-26(38)32-13-3-4-19(32)22(35)31-27-11-9-17(10-12-27)15-33-24(37)21(34)20(30-25(27)33)23(36)29-14-16-5-7-18(28)8-6-16/h5-8,17,19,34H,2-4,9-15H2,1H3,(H,29,36)(H,31,35). The van der Waals surface area contributed by atoms with Crippen molar-refractivity contribution in [2.75, 3.05) is 13.2 Å². The minimum atomic E-state index is -1.04. The van der Waals surface area contributed by atoms with Gasteiger partial charge in [-0.05, 0) is 69.1 Å². The third kappa shape index (κ3) is 5.07. The Bertz CT molecular complexity index is 1340.